The maximum absolute atomic E-state index is 12.5. The summed E-state index contributed by atoms with van der Waals surface area (Å²) in [7, 11) is 4.42. The summed E-state index contributed by atoms with van der Waals surface area (Å²) < 4.78 is 5.28. The summed E-state index contributed by atoms with van der Waals surface area (Å²) in [4.78, 5) is 28.2. The topological polar surface area (TPSA) is 70.6 Å². The number of esters is 1. The van der Waals surface area contributed by atoms with Gasteiger partial charge in [-0.1, -0.05) is 30.3 Å². The van der Waals surface area contributed by atoms with Crippen molar-refractivity contribution in [3.8, 4) is 0 Å². The van der Waals surface area contributed by atoms with Crippen molar-refractivity contribution < 1.29 is 9.53 Å². The Hall–Kier alpha value is -2.55. The molecule has 1 aliphatic heterocycles. The molecule has 1 unspecified atom stereocenters. The number of carbonyl (C=O) groups excluding carboxylic acids is 1. The number of nitrogens with one attached hydrogen (secondary N) is 1. The maximum Gasteiger partial charge on any atom is 0.348 e. The number of piperidine rings is 1. The molecule has 0 radical (unpaired) electrons. The van der Waals surface area contributed by atoms with Crippen LogP contribution in [0.5, 0.6) is 0 Å². The third-order valence-electron chi connectivity index (χ3n) is 6.66. The molecule has 1 saturated heterocycles. The van der Waals surface area contributed by atoms with Gasteiger partial charge >= 0.3 is 5.97 Å². The second kappa shape index (κ2) is 10.8. The fraction of sp³-hybridized carbons (Fsp3) is 0.500. The van der Waals surface area contributed by atoms with Crippen molar-refractivity contribution in [1.29, 1.82) is 0 Å². The first-order valence-corrected chi connectivity index (χ1v) is 12.8. The van der Waals surface area contributed by atoms with Crippen molar-refractivity contribution in [2.75, 3.05) is 45.7 Å². The number of likely N-dealkylation sites (tertiary alicyclic amines) is 1. The van der Waals surface area contributed by atoms with Gasteiger partial charge in [-0.15, -0.1) is 11.3 Å². The third-order valence-corrected chi connectivity index (χ3v) is 7.82. The number of anilines is 1. The number of hydrogen-bond donors (Lipinski definition) is 1. The summed E-state index contributed by atoms with van der Waals surface area (Å²) in [5, 5.41) is 4.64. The molecule has 1 aliphatic rings. The number of benzene rings is 1. The Kier molecular flexibility index (Phi) is 7.80. The van der Waals surface area contributed by atoms with Gasteiger partial charge in [0, 0.05) is 12.6 Å². The van der Waals surface area contributed by atoms with Gasteiger partial charge in [-0.05, 0) is 71.9 Å². The van der Waals surface area contributed by atoms with Crippen LogP contribution in [-0.4, -0.2) is 72.1 Å². The SMILES string of the molecule is CCOC(=O)c1sc2nc(C)nc(NC(CN(C)C3CCN(C)CC3)c3ccccc3)c2c1C. The van der Waals surface area contributed by atoms with E-state index < -0.39 is 0 Å². The monoisotopic (exact) mass is 481 g/mol. The molecule has 2 aromatic heterocycles. The molecule has 182 valence electrons. The van der Waals surface area contributed by atoms with E-state index in [1.807, 2.05) is 26.8 Å². The summed E-state index contributed by atoms with van der Waals surface area (Å²) in [6.45, 7) is 9.15. The lowest BCUT2D eigenvalue weighted by Crippen LogP contribution is -2.44. The second-order valence-electron chi connectivity index (χ2n) is 9.16. The summed E-state index contributed by atoms with van der Waals surface area (Å²) in [5.41, 5.74) is 2.08. The standard InChI is InChI=1S/C26H35N5O2S/c1-6-33-26(32)23-17(2)22-24(27-18(3)28-25(22)34-23)29-21(19-10-8-7-9-11-19)16-31(5)20-12-14-30(4)15-13-20/h7-11,20-21H,6,12-16H2,1-5H3,(H,27,28,29). The van der Waals surface area contributed by atoms with Crippen molar-refractivity contribution in [3.05, 3.63) is 52.2 Å². The van der Waals surface area contributed by atoms with Crippen LogP contribution in [0.4, 0.5) is 5.82 Å². The average molecular weight is 482 g/mol. The highest BCUT2D eigenvalue weighted by molar-refractivity contribution is 7.20. The van der Waals surface area contributed by atoms with Crippen LogP contribution in [0.2, 0.25) is 0 Å². The molecule has 1 N–H and O–H groups in total. The van der Waals surface area contributed by atoms with Gasteiger partial charge in [-0.2, -0.15) is 0 Å². The van der Waals surface area contributed by atoms with Gasteiger partial charge in [-0.25, -0.2) is 14.8 Å². The largest absolute Gasteiger partial charge is 0.462 e. The summed E-state index contributed by atoms with van der Waals surface area (Å²) in [6, 6.07) is 11.1. The van der Waals surface area contributed by atoms with E-state index in [1.54, 1.807) is 0 Å². The van der Waals surface area contributed by atoms with Crippen molar-refractivity contribution in [2.24, 2.45) is 0 Å². The van der Waals surface area contributed by atoms with Gasteiger partial charge in [0.15, 0.2) is 0 Å². The molecular weight excluding hydrogens is 446 g/mol. The van der Waals surface area contributed by atoms with Crippen LogP contribution < -0.4 is 5.32 Å². The first-order chi connectivity index (χ1) is 16.4. The summed E-state index contributed by atoms with van der Waals surface area (Å²) in [5.74, 6) is 1.16. The van der Waals surface area contributed by atoms with E-state index in [9.17, 15) is 4.79 Å². The molecule has 0 bridgehead atoms. The quantitative estimate of drug-likeness (QED) is 0.469. The molecule has 3 heterocycles. The first kappa shape index (κ1) is 24.6. The number of fused-ring (bicyclic) bond motifs is 1. The van der Waals surface area contributed by atoms with E-state index in [2.05, 4.69) is 58.5 Å². The van der Waals surface area contributed by atoms with Crippen LogP contribution in [0.15, 0.2) is 30.3 Å². The maximum atomic E-state index is 12.5. The van der Waals surface area contributed by atoms with Crippen LogP contribution in [0.1, 0.15) is 52.4 Å². The Bertz CT molecular complexity index is 1130. The van der Waals surface area contributed by atoms with Gasteiger partial charge in [0.25, 0.3) is 0 Å². The van der Waals surface area contributed by atoms with E-state index >= 15 is 0 Å². The van der Waals surface area contributed by atoms with Crippen molar-refractivity contribution in [3.63, 3.8) is 0 Å². The molecule has 3 aromatic rings. The molecule has 0 aliphatic carbocycles. The molecular formula is C26H35N5O2S. The highest BCUT2D eigenvalue weighted by Crippen LogP contribution is 2.36. The summed E-state index contributed by atoms with van der Waals surface area (Å²) >= 11 is 1.38. The van der Waals surface area contributed by atoms with Crippen LogP contribution in [-0.2, 0) is 4.74 Å². The Morgan fingerprint density at radius 1 is 1.24 bits per heavy atom. The predicted octanol–water partition coefficient (Wildman–Crippen LogP) is 4.66. The number of nitrogens with zero attached hydrogens (tertiary/aromatic N) is 4. The predicted molar refractivity (Wildman–Crippen MR) is 139 cm³/mol. The van der Waals surface area contributed by atoms with Gasteiger partial charge in [0.2, 0.25) is 0 Å². The highest BCUT2D eigenvalue weighted by atomic mass is 32.1. The lowest BCUT2D eigenvalue weighted by molar-refractivity contribution is 0.0531. The van der Waals surface area contributed by atoms with E-state index in [-0.39, 0.29) is 12.0 Å². The van der Waals surface area contributed by atoms with Gasteiger partial charge < -0.3 is 19.9 Å². The fourth-order valence-corrected chi connectivity index (χ4v) is 5.82. The Labute approximate surface area is 206 Å². The number of aromatic nitrogens is 2. The van der Waals surface area contributed by atoms with E-state index in [0.29, 0.717) is 23.4 Å². The highest BCUT2D eigenvalue weighted by Gasteiger charge is 2.26. The van der Waals surface area contributed by atoms with E-state index in [4.69, 9.17) is 9.72 Å². The summed E-state index contributed by atoms with van der Waals surface area (Å²) in [6.07, 6.45) is 2.36. The molecule has 34 heavy (non-hydrogen) atoms. The van der Waals surface area contributed by atoms with Crippen LogP contribution in [0.3, 0.4) is 0 Å². The number of thiophene rings is 1. The molecule has 0 spiro atoms. The zero-order valence-corrected chi connectivity index (χ0v) is 21.6. The molecule has 8 heteroatoms. The molecule has 0 saturated carbocycles. The number of likely N-dealkylation sites (N-methyl/N-ethyl adjacent to an activating group) is 1. The Morgan fingerprint density at radius 2 is 1.94 bits per heavy atom. The van der Waals surface area contributed by atoms with Gasteiger partial charge in [-0.3, -0.25) is 0 Å². The molecule has 1 aromatic carbocycles. The number of ether oxygens (including phenoxy) is 1. The molecule has 1 fully saturated rings. The normalized spacial score (nSPS) is 16.2. The molecule has 7 nitrogen and oxygen atoms in total. The average Bonchev–Trinajstić information content (AvgIpc) is 3.16. The van der Waals surface area contributed by atoms with Gasteiger partial charge in [0.05, 0.1) is 18.0 Å². The molecule has 0 amide bonds. The van der Waals surface area contributed by atoms with Gasteiger partial charge in [0.1, 0.15) is 21.3 Å². The lowest BCUT2D eigenvalue weighted by atomic mass is 10.0. The number of rotatable bonds is 8. The zero-order chi connectivity index (χ0) is 24.2. The minimum atomic E-state index is -0.298. The van der Waals surface area contributed by atoms with Crippen LogP contribution in [0, 0.1) is 13.8 Å². The Balaban J connectivity index is 1.67. The van der Waals surface area contributed by atoms with E-state index in [0.717, 1.165) is 41.2 Å². The number of hydrogen-bond acceptors (Lipinski definition) is 8. The van der Waals surface area contributed by atoms with Crippen LogP contribution in [0.25, 0.3) is 10.2 Å². The fourth-order valence-electron chi connectivity index (χ4n) is 4.70. The van der Waals surface area contributed by atoms with Crippen molar-refractivity contribution in [1.82, 2.24) is 19.8 Å². The van der Waals surface area contributed by atoms with E-state index in [1.165, 1.54) is 29.7 Å². The number of carbonyl (C=O) groups is 1. The van der Waals surface area contributed by atoms with Crippen molar-refractivity contribution in [2.45, 2.75) is 45.7 Å². The van der Waals surface area contributed by atoms with Crippen molar-refractivity contribution >= 4 is 33.3 Å². The number of aryl methyl sites for hydroxylation is 2. The minimum absolute atomic E-state index is 0.0497. The lowest BCUT2D eigenvalue weighted by Gasteiger charge is -2.37. The first-order valence-electron chi connectivity index (χ1n) is 12.0. The second-order valence-corrected chi connectivity index (χ2v) is 10.2. The zero-order valence-electron chi connectivity index (χ0n) is 20.8. The Morgan fingerprint density at radius 3 is 2.62 bits per heavy atom. The smallest absolute Gasteiger partial charge is 0.348 e. The third kappa shape index (κ3) is 5.40. The van der Waals surface area contributed by atoms with Crippen LogP contribution >= 0.6 is 11.3 Å². The molecule has 4 rings (SSSR count). The molecule has 1 atom stereocenters. The minimum Gasteiger partial charge on any atom is -0.462 e.